The topological polar surface area (TPSA) is 39.1 Å². The van der Waals surface area contributed by atoms with Crippen molar-refractivity contribution in [2.45, 2.75) is 65.3 Å². The number of rotatable bonds is 6. The van der Waals surface area contributed by atoms with Gasteiger partial charge in [0.15, 0.2) is 0 Å². The molecule has 0 amide bonds. The van der Waals surface area contributed by atoms with E-state index >= 15 is 0 Å². The maximum absolute atomic E-state index is 6.00. The molecule has 1 N–H and O–H groups in total. The van der Waals surface area contributed by atoms with Crippen LogP contribution < -0.4 is 5.32 Å². The predicted octanol–water partition coefficient (Wildman–Crippen LogP) is 2.59. The van der Waals surface area contributed by atoms with Gasteiger partial charge >= 0.3 is 0 Å². The van der Waals surface area contributed by atoms with E-state index < -0.39 is 0 Å². The molecule has 108 valence electrons. The monoisotopic (exact) mass is 265 g/mol. The van der Waals surface area contributed by atoms with Gasteiger partial charge in [-0.1, -0.05) is 13.8 Å². The highest BCUT2D eigenvalue weighted by atomic mass is 16.5. The van der Waals surface area contributed by atoms with Crippen molar-refractivity contribution in [3.63, 3.8) is 0 Å². The quantitative estimate of drug-likeness (QED) is 0.859. The van der Waals surface area contributed by atoms with Gasteiger partial charge in [0, 0.05) is 12.7 Å². The van der Waals surface area contributed by atoms with Crippen LogP contribution in [-0.4, -0.2) is 28.0 Å². The van der Waals surface area contributed by atoms with Gasteiger partial charge in [0.05, 0.1) is 23.9 Å². The predicted molar refractivity (Wildman–Crippen MR) is 77.0 cm³/mol. The third-order valence-corrected chi connectivity index (χ3v) is 3.50. The van der Waals surface area contributed by atoms with E-state index in [9.17, 15) is 0 Å². The van der Waals surface area contributed by atoms with Crippen LogP contribution in [0.5, 0.6) is 0 Å². The van der Waals surface area contributed by atoms with Crippen molar-refractivity contribution >= 4 is 0 Å². The molecule has 1 unspecified atom stereocenters. The van der Waals surface area contributed by atoms with E-state index in [0.29, 0.717) is 12.0 Å². The minimum atomic E-state index is 0.0411. The SMILES string of the molecule is CC(C)CNCc1ccn(CC2CCC(C)(C)O2)n1. The van der Waals surface area contributed by atoms with Crippen LogP contribution in [0.25, 0.3) is 0 Å². The lowest BCUT2D eigenvalue weighted by molar-refractivity contribution is -0.0230. The molecule has 0 saturated carbocycles. The average Bonchev–Trinajstić information content (AvgIpc) is 2.86. The summed E-state index contributed by atoms with van der Waals surface area (Å²) in [5.74, 6) is 0.677. The average molecular weight is 265 g/mol. The summed E-state index contributed by atoms with van der Waals surface area (Å²) in [6, 6.07) is 2.09. The van der Waals surface area contributed by atoms with Crippen molar-refractivity contribution in [1.82, 2.24) is 15.1 Å². The number of hydrogen-bond donors (Lipinski definition) is 1. The molecule has 1 aromatic rings. The number of nitrogens with zero attached hydrogens (tertiary/aromatic N) is 2. The van der Waals surface area contributed by atoms with E-state index in [-0.39, 0.29) is 5.60 Å². The largest absolute Gasteiger partial charge is 0.370 e. The first-order chi connectivity index (χ1) is 8.94. The zero-order valence-corrected chi connectivity index (χ0v) is 12.6. The number of nitrogens with one attached hydrogen (secondary N) is 1. The molecule has 2 heterocycles. The molecule has 4 nitrogen and oxygen atoms in total. The standard InChI is InChI=1S/C15H27N3O/c1-12(2)9-16-10-13-6-8-18(17-13)11-14-5-7-15(3,4)19-14/h6,8,12,14,16H,5,7,9-11H2,1-4H3. The molecule has 2 rings (SSSR count). The first-order valence-corrected chi connectivity index (χ1v) is 7.35. The molecule has 1 aliphatic rings. The molecule has 19 heavy (non-hydrogen) atoms. The summed E-state index contributed by atoms with van der Waals surface area (Å²) >= 11 is 0. The molecule has 0 aliphatic carbocycles. The van der Waals surface area contributed by atoms with Gasteiger partial charge in [0.2, 0.25) is 0 Å². The molecule has 0 radical (unpaired) electrons. The third-order valence-electron chi connectivity index (χ3n) is 3.50. The second-order valence-corrected chi connectivity index (χ2v) is 6.59. The van der Waals surface area contributed by atoms with Crippen molar-refractivity contribution in [2.75, 3.05) is 6.54 Å². The summed E-state index contributed by atoms with van der Waals surface area (Å²) in [7, 11) is 0. The fourth-order valence-corrected chi connectivity index (χ4v) is 2.50. The summed E-state index contributed by atoms with van der Waals surface area (Å²) in [6.45, 7) is 11.5. The van der Waals surface area contributed by atoms with Crippen LogP contribution >= 0.6 is 0 Å². The molecule has 1 fully saturated rings. The minimum Gasteiger partial charge on any atom is -0.370 e. The Hall–Kier alpha value is -0.870. The molecule has 0 bridgehead atoms. The summed E-state index contributed by atoms with van der Waals surface area (Å²) in [6.07, 6.45) is 4.64. The first kappa shape index (κ1) is 14.5. The Bertz CT molecular complexity index is 398. The highest BCUT2D eigenvalue weighted by Gasteiger charge is 2.31. The normalized spacial score (nSPS) is 22.3. The van der Waals surface area contributed by atoms with Gasteiger partial charge in [-0.2, -0.15) is 5.10 Å². The van der Waals surface area contributed by atoms with Crippen molar-refractivity contribution in [1.29, 1.82) is 0 Å². The maximum atomic E-state index is 6.00. The lowest BCUT2D eigenvalue weighted by Gasteiger charge is -2.19. The van der Waals surface area contributed by atoms with Crippen LogP contribution in [0.2, 0.25) is 0 Å². The smallest absolute Gasteiger partial charge is 0.0779 e. The molecule has 1 saturated heterocycles. The van der Waals surface area contributed by atoms with Gasteiger partial charge in [-0.25, -0.2) is 0 Å². The van der Waals surface area contributed by atoms with E-state index in [1.54, 1.807) is 0 Å². The van der Waals surface area contributed by atoms with Gasteiger partial charge in [-0.05, 0) is 45.2 Å². The Labute approximate surface area is 116 Å². The van der Waals surface area contributed by atoms with Gasteiger partial charge in [0.25, 0.3) is 0 Å². The van der Waals surface area contributed by atoms with Crippen LogP contribution in [-0.2, 0) is 17.8 Å². The van der Waals surface area contributed by atoms with Crippen LogP contribution in [0.3, 0.4) is 0 Å². The Morgan fingerprint density at radius 2 is 2.32 bits per heavy atom. The van der Waals surface area contributed by atoms with Gasteiger partial charge in [-0.3, -0.25) is 4.68 Å². The van der Waals surface area contributed by atoms with E-state index in [2.05, 4.69) is 50.4 Å². The van der Waals surface area contributed by atoms with Gasteiger partial charge < -0.3 is 10.1 Å². The van der Waals surface area contributed by atoms with Crippen LogP contribution in [0.15, 0.2) is 12.3 Å². The van der Waals surface area contributed by atoms with Gasteiger partial charge in [-0.15, -0.1) is 0 Å². The number of ether oxygens (including phenoxy) is 1. The summed E-state index contributed by atoms with van der Waals surface area (Å²) < 4.78 is 8.01. The molecular weight excluding hydrogens is 238 g/mol. The second kappa shape index (κ2) is 6.06. The molecular formula is C15H27N3O. The zero-order valence-electron chi connectivity index (χ0n) is 12.6. The highest BCUT2D eigenvalue weighted by Crippen LogP contribution is 2.29. The lowest BCUT2D eigenvalue weighted by atomic mass is 10.1. The highest BCUT2D eigenvalue weighted by molar-refractivity contribution is 4.98. The third kappa shape index (κ3) is 4.62. The molecule has 1 aromatic heterocycles. The summed E-state index contributed by atoms with van der Waals surface area (Å²) in [4.78, 5) is 0. The Morgan fingerprint density at radius 1 is 1.53 bits per heavy atom. The van der Waals surface area contributed by atoms with E-state index in [1.807, 2.05) is 4.68 Å². The Kier molecular flexibility index (Phi) is 4.63. The Balaban J connectivity index is 1.78. The van der Waals surface area contributed by atoms with Crippen molar-refractivity contribution in [3.8, 4) is 0 Å². The first-order valence-electron chi connectivity index (χ1n) is 7.35. The molecule has 1 aliphatic heterocycles. The van der Waals surface area contributed by atoms with E-state index in [1.165, 1.54) is 0 Å². The number of aromatic nitrogens is 2. The van der Waals surface area contributed by atoms with Gasteiger partial charge in [0.1, 0.15) is 0 Å². The van der Waals surface area contributed by atoms with Crippen molar-refractivity contribution < 1.29 is 4.74 Å². The fraction of sp³-hybridized carbons (Fsp3) is 0.800. The Morgan fingerprint density at radius 3 is 2.95 bits per heavy atom. The fourth-order valence-electron chi connectivity index (χ4n) is 2.50. The molecule has 1 atom stereocenters. The number of hydrogen-bond acceptors (Lipinski definition) is 3. The second-order valence-electron chi connectivity index (χ2n) is 6.59. The van der Waals surface area contributed by atoms with Crippen LogP contribution in [0.1, 0.15) is 46.2 Å². The summed E-state index contributed by atoms with van der Waals surface area (Å²) in [5, 5.41) is 8.01. The van der Waals surface area contributed by atoms with E-state index in [0.717, 1.165) is 38.2 Å². The maximum Gasteiger partial charge on any atom is 0.0779 e. The van der Waals surface area contributed by atoms with Crippen molar-refractivity contribution in [2.24, 2.45) is 5.92 Å². The van der Waals surface area contributed by atoms with E-state index in [4.69, 9.17) is 4.74 Å². The van der Waals surface area contributed by atoms with Crippen molar-refractivity contribution in [3.05, 3.63) is 18.0 Å². The molecule has 4 heteroatoms. The summed E-state index contributed by atoms with van der Waals surface area (Å²) in [5.41, 5.74) is 1.15. The zero-order chi connectivity index (χ0) is 13.9. The lowest BCUT2D eigenvalue weighted by Crippen LogP contribution is -2.23. The molecule has 0 spiro atoms. The minimum absolute atomic E-state index is 0.0411. The van der Waals surface area contributed by atoms with Crippen LogP contribution in [0, 0.1) is 5.92 Å². The van der Waals surface area contributed by atoms with Crippen LogP contribution in [0.4, 0.5) is 0 Å². The molecule has 0 aromatic carbocycles.